The Morgan fingerprint density at radius 1 is 1.18 bits per heavy atom. The molecule has 0 spiro atoms. The Hall–Kier alpha value is -2.57. The van der Waals surface area contributed by atoms with Gasteiger partial charge in [-0.2, -0.15) is 5.10 Å². The van der Waals surface area contributed by atoms with E-state index >= 15 is 0 Å². The number of anilines is 2. The zero-order chi connectivity index (χ0) is 20.3. The largest absolute Gasteiger partial charge is 0.449 e. The summed E-state index contributed by atoms with van der Waals surface area (Å²) in [4.78, 5) is 24.6. The first-order valence-corrected chi connectivity index (χ1v) is 9.48. The lowest BCUT2D eigenvalue weighted by molar-refractivity contribution is -0.123. The molecule has 6 nitrogen and oxygen atoms in total. The van der Waals surface area contributed by atoms with Crippen LogP contribution in [0.3, 0.4) is 0 Å². The first-order valence-electron chi connectivity index (χ1n) is 8.72. The molecule has 0 radical (unpaired) electrons. The summed E-state index contributed by atoms with van der Waals surface area (Å²) in [5, 5.41) is 9.46. The molecule has 28 heavy (non-hydrogen) atoms. The Labute approximate surface area is 173 Å². The summed E-state index contributed by atoms with van der Waals surface area (Å²) in [6, 6.07) is 11.8. The Morgan fingerprint density at radius 2 is 1.89 bits per heavy atom. The molecular weight excluding hydrogens is 401 g/mol. The molecule has 0 aromatic heterocycles. The fourth-order valence-electron chi connectivity index (χ4n) is 2.65. The molecular formula is C20H19Cl2N3O3. The van der Waals surface area contributed by atoms with Gasteiger partial charge >= 0.3 is 5.97 Å². The highest BCUT2D eigenvalue weighted by Crippen LogP contribution is 2.29. The van der Waals surface area contributed by atoms with E-state index in [0.29, 0.717) is 16.3 Å². The number of hydrogen-bond donors (Lipinski definition) is 1. The molecule has 0 bridgehead atoms. The molecule has 0 saturated heterocycles. The van der Waals surface area contributed by atoms with E-state index in [1.807, 2.05) is 11.9 Å². The van der Waals surface area contributed by atoms with Crippen LogP contribution in [0.25, 0.3) is 0 Å². The van der Waals surface area contributed by atoms with Gasteiger partial charge in [0.1, 0.15) is 0 Å². The van der Waals surface area contributed by atoms with Gasteiger partial charge in [-0.25, -0.2) is 4.79 Å². The number of nitrogens with zero attached hydrogens (tertiary/aromatic N) is 2. The van der Waals surface area contributed by atoms with E-state index in [1.165, 1.54) is 6.92 Å². The van der Waals surface area contributed by atoms with Gasteiger partial charge in [0.25, 0.3) is 5.91 Å². The van der Waals surface area contributed by atoms with Gasteiger partial charge in [0, 0.05) is 18.7 Å². The van der Waals surface area contributed by atoms with Crippen LogP contribution in [0, 0.1) is 0 Å². The fourth-order valence-corrected chi connectivity index (χ4v) is 2.99. The molecule has 1 aliphatic rings. The van der Waals surface area contributed by atoms with Crippen LogP contribution in [0.1, 0.15) is 30.6 Å². The van der Waals surface area contributed by atoms with Gasteiger partial charge in [-0.05, 0) is 50.2 Å². The Morgan fingerprint density at radius 3 is 2.54 bits per heavy atom. The van der Waals surface area contributed by atoms with Gasteiger partial charge in [0.2, 0.25) is 0 Å². The maximum absolute atomic E-state index is 12.3. The normalized spacial score (nSPS) is 14.4. The lowest BCUT2D eigenvalue weighted by Gasteiger charge is -2.16. The standard InChI is InChI=1S/C20H19Cl2N3O3/c1-12-10-11-25(24-12)15-8-6-14(7-9-15)20(27)28-13(2)19(26)23-17-5-3-4-16(21)18(17)22/h3-9,13H,10-11H2,1-2H3,(H,23,26). The fraction of sp³-hybridized carbons (Fsp3) is 0.250. The minimum Gasteiger partial charge on any atom is -0.449 e. The molecule has 1 unspecified atom stereocenters. The summed E-state index contributed by atoms with van der Waals surface area (Å²) >= 11 is 12.0. The Kier molecular flexibility index (Phi) is 6.21. The number of benzene rings is 2. The molecule has 3 rings (SSSR count). The second kappa shape index (κ2) is 8.63. The zero-order valence-corrected chi connectivity index (χ0v) is 16.9. The molecule has 2 aromatic carbocycles. The second-order valence-electron chi connectivity index (χ2n) is 6.39. The highest BCUT2D eigenvalue weighted by molar-refractivity contribution is 6.44. The maximum Gasteiger partial charge on any atom is 0.338 e. The summed E-state index contributed by atoms with van der Waals surface area (Å²) < 4.78 is 5.25. The molecule has 8 heteroatoms. The monoisotopic (exact) mass is 419 g/mol. The average Bonchev–Trinajstić information content (AvgIpc) is 3.11. The molecule has 0 saturated carbocycles. The van der Waals surface area contributed by atoms with E-state index in [1.54, 1.807) is 42.5 Å². The van der Waals surface area contributed by atoms with Gasteiger partial charge in [-0.1, -0.05) is 29.3 Å². The molecule has 1 N–H and O–H groups in total. The van der Waals surface area contributed by atoms with Crippen molar-refractivity contribution in [1.82, 2.24) is 0 Å². The minimum absolute atomic E-state index is 0.228. The van der Waals surface area contributed by atoms with E-state index in [9.17, 15) is 9.59 Å². The molecule has 2 aromatic rings. The van der Waals surface area contributed by atoms with E-state index in [-0.39, 0.29) is 5.02 Å². The highest BCUT2D eigenvalue weighted by Gasteiger charge is 2.21. The van der Waals surface area contributed by atoms with Crippen molar-refractivity contribution in [2.45, 2.75) is 26.4 Å². The van der Waals surface area contributed by atoms with E-state index < -0.39 is 18.0 Å². The van der Waals surface area contributed by atoms with Crippen molar-refractivity contribution in [3.8, 4) is 0 Å². The van der Waals surface area contributed by atoms with Gasteiger partial charge in [-0.3, -0.25) is 9.80 Å². The van der Waals surface area contributed by atoms with Gasteiger partial charge in [0.15, 0.2) is 6.10 Å². The Balaban J connectivity index is 1.60. The molecule has 1 aliphatic heterocycles. The molecule has 1 heterocycles. The zero-order valence-electron chi connectivity index (χ0n) is 15.4. The number of esters is 1. The molecule has 146 valence electrons. The van der Waals surface area contributed by atoms with E-state index in [0.717, 1.165) is 24.4 Å². The number of hydrazone groups is 1. The van der Waals surface area contributed by atoms with Crippen molar-refractivity contribution < 1.29 is 14.3 Å². The SMILES string of the molecule is CC1=NN(c2ccc(C(=O)OC(C)C(=O)Nc3cccc(Cl)c3Cl)cc2)CC1. The first-order chi connectivity index (χ1) is 13.3. The third-order valence-corrected chi connectivity index (χ3v) is 5.06. The number of rotatable bonds is 5. The minimum atomic E-state index is -1.01. The van der Waals surface area contributed by atoms with Gasteiger partial charge in [0.05, 0.1) is 27.0 Å². The number of halogens is 2. The number of amides is 1. The summed E-state index contributed by atoms with van der Waals surface area (Å²) in [6.07, 6.45) is -0.0828. The van der Waals surface area contributed by atoms with Crippen LogP contribution in [0.5, 0.6) is 0 Å². The molecule has 0 fully saturated rings. The average molecular weight is 420 g/mol. The van der Waals surface area contributed by atoms with Crippen molar-refractivity contribution in [2.75, 3.05) is 16.9 Å². The van der Waals surface area contributed by atoms with Crippen LogP contribution in [-0.4, -0.2) is 30.2 Å². The van der Waals surface area contributed by atoms with Crippen molar-refractivity contribution in [3.63, 3.8) is 0 Å². The summed E-state index contributed by atoms with van der Waals surface area (Å²) in [6.45, 7) is 4.29. The highest BCUT2D eigenvalue weighted by atomic mass is 35.5. The predicted molar refractivity (Wildman–Crippen MR) is 111 cm³/mol. The van der Waals surface area contributed by atoms with Crippen LogP contribution in [-0.2, 0) is 9.53 Å². The molecule has 1 amide bonds. The van der Waals surface area contributed by atoms with Crippen LogP contribution in [0.15, 0.2) is 47.6 Å². The second-order valence-corrected chi connectivity index (χ2v) is 7.18. The van der Waals surface area contributed by atoms with Crippen LogP contribution in [0.2, 0.25) is 10.0 Å². The number of carbonyl (C=O) groups is 2. The quantitative estimate of drug-likeness (QED) is 0.708. The topological polar surface area (TPSA) is 71.0 Å². The number of carbonyl (C=O) groups excluding carboxylic acids is 2. The maximum atomic E-state index is 12.3. The lowest BCUT2D eigenvalue weighted by Crippen LogP contribution is -2.30. The van der Waals surface area contributed by atoms with E-state index in [2.05, 4.69) is 10.4 Å². The summed E-state index contributed by atoms with van der Waals surface area (Å²) in [5.41, 5.74) is 2.68. The van der Waals surface area contributed by atoms with Crippen LogP contribution >= 0.6 is 23.2 Å². The van der Waals surface area contributed by atoms with Crippen molar-refractivity contribution in [2.24, 2.45) is 5.10 Å². The van der Waals surface area contributed by atoms with E-state index in [4.69, 9.17) is 27.9 Å². The smallest absolute Gasteiger partial charge is 0.338 e. The Bertz CT molecular complexity index is 929. The lowest BCUT2D eigenvalue weighted by atomic mass is 10.2. The van der Waals surface area contributed by atoms with Gasteiger partial charge in [-0.15, -0.1) is 0 Å². The number of nitrogens with one attached hydrogen (secondary N) is 1. The van der Waals surface area contributed by atoms with Gasteiger partial charge < -0.3 is 10.1 Å². The molecule has 0 aliphatic carbocycles. The third-order valence-electron chi connectivity index (χ3n) is 4.24. The molecule has 1 atom stereocenters. The predicted octanol–water partition coefficient (Wildman–Crippen LogP) is 4.76. The number of ether oxygens (including phenoxy) is 1. The van der Waals surface area contributed by atoms with Crippen molar-refractivity contribution in [3.05, 3.63) is 58.1 Å². The third kappa shape index (κ3) is 4.64. The van der Waals surface area contributed by atoms with Crippen LogP contribution < -0.4 is 10.3 Å². The van der Waals surface area contributed by atoms with Crippen molar-refractivity contribution >= 4 is 52.2 Å². The summed E-state index contributed by atoms with van der Waals surface area (Å²) in [7, 11) is 0. The van der Waals surface area contributed by atoms with Crippen LogP contribution in [0.4, 0.5) is 11.4 Å². The van der Waals surface area contributed by atoms with Crippen molar-refractivity contribution in [1.29, 1.82) is 0 Å². The number of hydrogen-bond acceptors (Lipinski definition) is 5. The first kappa shape index (κ1) is 20.2. The summed E-state index contributed by atoms with van der Waals surface area (Å²) in [5.74, 6) is -1.09.